The van der Waals surface area contributed by atoms with Crippen LogP contribution in [0.15, 0.2) is 24.3 Å². The number of hydrogen-bond acceptors (Lipinski definition) is 3. The fraction of sp³-hybridized carbons (Fsp3) is 0.500. The topological polar surface area (TPSA) is 35.6 Å². The summed E-state index contributed by atoms with van der Waals surface area (Å²) in [6.45, 7) is 1.04. The Morgan fingerprint density at radius 3 is 2.62 bits per heavy atom. The SMILES string of the molecule is CN(C)CCN1C(=O)CNC1c1ccccc1C(F)(F)F. The van der Waals surface area contributed by atoms with Gasteiger partial charge in [-0.25, -0.2) is 0 Å². The number of rotatable bonds is 4. The molecule has 0 aromatic heterocycles. The van der Waals surface area contributed by atoms with Crippen molar-refractivity contribution in [2.45, 2.75) is 12.3 Å². The molecular weight excluding hydrogens is 283 g/mol. The van der Waals surface area contributed by atoms with Crippen LogP contribution in [-0.2, 0) is 11.0 Å². The van der Waals surface area contributed by atoms with E-state index in [0.717, 1.165) is 6.07 Å². The first-order chi connectivity index (χ1) is 9.80. The van der Waals surface area contributed by atoms with Crippen LogP contribution in [0, 0.1) is 0 Å². The maximum absolute atomic E-state index is 13.1. The van der Waals surface area contributed by atoms with Crippen molar-refractivity contribution in [3.63, 3.8) is 0 Å². The molecule has 1 saturated heterocycles. The number of carbonyl (C=O) groups excluding carboxylic acids is 1. The molecule has 1 atom stereocenters. The van der Waals surface area contributed by atoms with Gasteiger partial charge in [0.15, 0.2) is 0 Å². The zero-order valence-corrected chi connectivity index (χ0v) is 11.9. The zero-order valence-electron chi connectivity index (χ0n) is 11.9. The molecule has 7 heteroatoms. The van der Waals surface area contributed by atoms with Crippen molar-refractivity contribution in [3.05, 3.63) is 35.4 Å². The second-order valence-electron chi connectivity index (χ2n) is 5.26. The van der Waals surface area contributed by atoms with E-state index in [1.807, 2.05) is 19.0 Å². The van der Waals surface area contributed by atoms with Gasteiger partial charge in [-0.15, -0.1) is 0 Å². The summed E-state index contributed by atoms with van der Waals surface area (Å²) < 4.78 is 39.3. The van der Waals surface area contributed by atoms with E-state index in [2.05, 4.69) is 5.32 Å². The van der Waals surface area contributed by atoms with Crippen LogP contribution in [-0.4, -0.2) is 49.4 Å². The van der Waals surface area contributed by atoms with Crippen LogP contribution in [0.3, 0.4) is 0 Å². The minimum Gasteiger partial charge on any atom is -0.321 e. The molecule has 0 aliphatic carbocycles. The monoisotopic (exact) mass is 301 g/mol. The summed E-state index contributed by atoms with van der Waals surface area (Å²) in [5.41, 5.74) is -0.610. The van der Waals surface area contributed by atoms with E-state index >= 15 is 0 Å². The van der Waals surface area contributed by atoms with Gasteiger partial charge >= 0.3 is 6.18 Å². The Morgan fingerprint density at radius 1 is 1.33 bits per heavy atom. The first kappa shape index (κ1) is 15.8. The van der Waals surface area contributed by atoms with Gasteiger partial charge < -0.3 is 9.80 Å². The Labute approximate surface area is 121 Å². The van der Waals surface area contributed by atoms with Crippen LogP contribution in [0.4, 0.5) is 13.2 Å². The van der Waals surface area contributed by atoms with Crippen LogP contribution in [0.2, 0.25) is 0 Å². The number of alkyl halides is 3. The fourth-order valence-corrected chi connectivity index (χ4v) is 2.37. The van der Waals surface area contributed by atoms with Crippen LogP contribution >= 0.6 is 0 Å². The van der Waals surface area contributed by atoms with E-state index in [9.17, 15) is 18.0 Å². The Kier molecular flexibility index (Phi) is 4.53. The first-order valence-electron chi connectivity index (χ1n) is 6.64. The van der Waals surface area contributed by atoms with Gasteiger partial charge in [0.2, 0.25) is 5.91 Å². The van der Waals surface area contributed by atoms with Gasteiger partial charge in [-0.05, 0) is 20.2 Å². The number of nitrogens with zero attached hydrogens (tertiary/aromatic N) is 2. The number of halogens is 3. The van der Waals surface area contributed by atoms with Crippen molar-refractivity contribution in [1.82, 2.24) is 15.1 Å². The fourth-order valence-electron chi connectivity index (χ4n) is 2.37. The van der Waals surface area contributed by atoms with Crippen molar-refractivity contribution < 1.29 is 18.0 Å². The molecule has 1 aliphatic heterocycles. The highest BCUT2D eigenvalue weighted by atomic mass is 19.4. The standard InChI is InChI=1S/C14H18F3N3O/c1-19(2)7-8-20-12(21)9-18-13(20)10-5-3-4-6-11(10)14(15,16)17/h3-6,13,18H,7-9H2,1-2H3. The average Bonchev–Trinajstić information content (AvgIpc) is 2.76. The summed E-state index contributed by atoms with van der Waals surface area (Å²) in [7, 11) is 3.71. The predicted octanol–water partition coefficient (Wildman–Crippen LogP) is 1.70. The lowest BCUT2D eigenvalue weighted by molar-refractivity contribution is -0.139. The third-order valence-electron chi connectivity index (χ3n) is 3.43. The van der Waals surface area contributed by atoms with Gasteiger partial charge in [0, 0.05) is 18.7 Å². The van der Waals surface area contributed by atoms with E-state index < -0.39 is 17.9 Å². The number of amides is 1. The van der Waals surface area contributed by atoms with Crippen LogP contribution in [0.5, 0.6) is 0 Å². The summed E-state index contributed by atoms with van der Waals surface area (Å²) in [4.78, 5) is 15.2. The first-order valence-corrected chi connectivity index (χ1v) is 6.64. The quantitative estimate of drug-likeness (QED) is 0.919. The lowest BCUT2D eigenvalue weighted by atomic mass is 10.0. The van der Waals surface area contributed by atoms with Gasteiger partial charge in [0.25, 0.3) is 0 Å². The Balaban J connectivity index is 2.30. The van der Waals surface area contributed by atoms with E-state index in [-0.39, 0.29) is 18.0 Å². The van der Waals surface area contributed by atoms with Gasteiger partial charge in [-0.2, -0.15) is 13.2 Å². The Bertz CT molecular complexity index is 516. The maximum Gasteiger partial charge on any atom is 0.416 e. The second kappa shape index (κ2) is 6.03. The molecule has 21 heavy (non-hydrogen) atoms. The minimum absolute atomic E-state index is 0.0598. The highest BCUT2D eigenvalue weighted by Gasteiger charge is 2.39. The average molecular weight is 301 g/mol. The molecule has 1 heterocycles. The highest BCUT2D eigenvalue weighted by Crippen LogP contribution is 2.36. The lowest BCUT2D eigenvalue weighted by Gasteiger charge is -2.28. The molecule has 0 radical (unpaired) electrons. The lowest BCUT2D eigenvalue weighted by Crippen LogP contribution is -2.36. The molecule has 1 unspecified atom stereocenters. The molecule has 116 valence electrons. The largest absolute Gasteiger partial charge is 0.416 e. The number of hydrogen-bond donors (Lipinski definition) is 1. The predicted molar refractivity (Wildman–Crippen MR) is 72.5 cm³/mol. The van der Waals surface area contributed by atoms with E-state index in [1.54, 1.807) is 6.07 Å². The summed E-state index contributed by atoms with van der Waals surface area (Å²) in [6, 6.07) is 5.37. The van der Waals surface area contributed by atoms with Crippen molar-refractivity contribution in [2.75, 3.05) is 33.7 Å². The number of carbonyl (C=O) groups is 1. The molecule has 0 saturated carbocycles. The third-order valence-corrected chi connectivity index (χ3v) is 3.43. The van der Waals surface area contributed by atoms with Crippen molar-refractivity contribution in [1.29, 1.82) is 0 Å². The zero-order chi connectivity index (χ0) is 15.6. The molecule has 1 amide bonds. The van der Waals surface area contributed by atoms with E-state index in [0.29, 0.717) is 13.1 Å². The van der Waals surface area contributed by atoms with Gasteiger partial charge in [-0.1, -0.05) is 18.2 Å². The molecular formula is C14H18F3N3O. The molecule has 1 aromatic rings. The summed E-state index contributed by atoms with van der Waals surface area (Å²) >= 11 is 0. The Hall–Kier alpha value is -1.60. The summed E-state index contributed by atoms with van der Waals surface area (Å²) in [6.07, 6.45) is -5.16. The normalized spacial score (nSPS) is 19.6. The van der Waals surface area contributed by atoms with Gasteiger partial charge in [-0.3, -0.25) is 10.1 Å². The molecule has 1 aliphatic rings. The van der Waals surface area contributed by atoms with Crippen LogP contribution in [0.1, 0.15) is 17.3 Å². The maximum atomic E-state index is 13.1. The molecule has 0 spiro atoms. The second-order valence-corrected chi connectivity index (χ2v) is 5.26. The van der Waals surface area contributed by atoms with Crippen molar-refractivity contribution in [2.24, 2.45) is 0 Å². The molecule has 1 fully saturated rings. The third kappa shape index (κ3) is 3.54. The number of nitrogens with one attached hydrogen (secondary N) is 1. The van der Waals surface area contributed by atoms with E-state index in [1.165, 1.54) is 17.0 Å². The molecule has 0 bridgehead atoms. The minimum atomic E-state index is -4.43. The highest BCUT2D eigenvalue weighted by molar-refractivity contribution is 5.81. The molecule has 1 aromatic carbocycles. The molecule has 4 nitrogen and oxygen atoms in total. The summed E-state index contributed by atoms with van der Waals surface area (Å²) in [5, 5.41) is 2.87. The Morgan fingerprint density at radius 2 is 2.00 bits per heavy atom. The van der Waals surface area contributed by atoms with Crippen molar-refractivity contribution in [3.8, 4) is 0 Å². The van der Waals surface area contributed by atoms with Gasteiger partial charge in [0.1, 0.15) is 6.17 Å². The van der Waals surface area contributed by atoms with Gasteiger partial charge in [0.05, 0.1) is 12.1 Å². The van der Waals surface area contributed by atoms with Crippen molar-refractivity contribution >= 4 is 5.91 Å². The number of likely N-dealkylation sites (N-methyl/N-ethyl adjacent to an activating group) is 1. The van der Waals surface area contributed by atoms with E-state index in [4.69, 9.17) is 0 Å². The van der Waals surface area contributed by atoms with Crippen LogP contribution < -0.4 is 5.32 Å². The smallest absolute Gasteiger partial charge is 0.321 e. The van der Waals surface area contributed by atoms with Crippen LogP contribution in [0.25, 0.3) is 0 Å². The summed E-state index contributed by atoms with van der Waals surface area (Å²) in [5.74, 6) is -0.182. The molecule has 1 N–H and O–H groups in total. The number of benzene rings is 1. The molecule has 2 rings (SSSR count).